The molecule has 0 aromatic heterocycles. The van der Waals surface area contributed by atoms with Crippen LogP contribution in [0.5, 0.6) is 0 Å². The first-order chi connectivity index (χ1) is 8.54. The molecule has 1 aromatic rings. The van der Waals surface area contributed by atoms with Crippen LogP contribution in [0, 0.1) is 21.7 Å². The molecule has 0 fully saturated rings. The highest BCUT2D eigenvalue weighted by atomic mass is 19.3. The van der Waals surface area contributed by atoms with Crippen LogP contribution in [0.1, 0.15) is 12.5 Å². The maximum atomic E-state index is 13.5. The van der Waals surface area contributed by atoms with Crippen molar-refractivity contribution in [3.63, 3.8) is 0 Å². The van der Waals surface area contributed by atoms with Crippen molar-refractivity contribution in [2.24, 2.45) is 5.73 Å². The maximum absolute atomic E-state index is 13.5. The normalized spacial score (nSPS) is 15.1. The average Bonchev–Trinajstić information content (AvgIpc) is 2.31. The summed E-state index contributed by atoms with van der Waals surface area (Å²) >= 11 is 0. The van der Waals surface area contributed by atoms with Gasteiger partial charge in [-0.15, -0.1) is 0 Å². The van der Waals surface area contributed by atoms with Gasteiger partial charge in [0.15, 0.2) is 11.6 Å². The predicted molar refractivity (Wildman–Crippen MR) is 56.6 cm³/mol. The molecule has 0 radical (unpaired) electrons. The second kappa shape index (κ2) is 4.74. The number of hydrogen-bond donors (Lipinski definition) is 2. The number of nitrogens with two attached hydrogens (primary N) is 1. The van der Waals surface area contributed by atoms with Gasteiger partial charge in [-0.05, 0) is 6.92 Å². The number of nitrogens with zero attached hydrogens (tertiary/aromatic N) is 1. The van der Waals surface area contributed by atoms with Crippen LogP contribution in [-0.4, -0.2) is 22.6 Å². The molecule has 0 bridgehead atoms. The van der Waals surface area contributed by atoms with E-state index in [1.54, 1.807) is 0 Å². The zero-order valence-electron chi connectivity index (χ0n) is 9.66. The first kappa shape index (κ1) is 15.3. The molecule has 0 spiro atoms. The summed E-state index contributed by atoms with van der Waals surface area (Å²) in [5, 5.41) is 19.1. The summed E-state index contributed by atoms with van der Waals surface area (Å²) in [6.45, 7) is -1.07. The molecule has 0 aliphatic rings. The average molecular weight is 282 g/mol. The quantitative estimate of drug-likeness (QED) is 0.499. The SMILES string of the molecule is CC(N)(c1cc([N+](=O)[O-])cc(F)c1F)C(F)(F)CO. The van der Waals surface area contributed by atoms with Gasteiger partial charge in [0.2, 0.25) is 0 Å². The third-order valence-corrected chi connectivity index (χ3v) is 2.74. The fourth-order valence-corrected chi connectivity index (χ4v) is 1.42. The van der Waals surface area contributed by atoms with Gasteiger partial charge in [0, 0.05) is 11.6 Å². The Morgan fingerprint density at radius 2 is 1.95 bits per heavy atom. The Bertz CT molecular complexity index is 520. The molecule has 5 nitrogen and oxygen atoms in total. The molecular weight excluding hydrogens is 272 g/mol. The Morgan fingerprint density at radius 1 is 1.42 bits per heavy atom. The Kier molecular flexibility index (Phi) is 3.82. The van der Waals surface area contributed by atoms with E-state index in [1.807, 2.05) is 0 Å². The molecule has 0 saturated heterocycles. The number of non-ortho nitro benzene ring substituents is 1. The molecule has 1 unspecified atom stereocenters. The number of aliphatic hydroxyl groups excluding tert-OH is 1. The first-order valence-electron chi connectivity index (χ1n) is 4.96. The lowest BCUT2D eigenvalue weighted by atomic mass is 9.86. The van der Waals surface area contributed by atoms with Crippen molar-refractivity contribution >= 4 is 5.69 Å². The Balaban J connectivity index is 3.54. The van der Waals surface area contributed by atoms with Gasteiger partial charge in [0.1, 0.15) is 12.1 Å². The van der Waals surface area contributed by atoms with Crippen LogP contribution in [0.15, 0.2) is 12.1 Å². The van der Waals surface area contributed by atoms with Crippen molar-refractivity contribution in [2.75, 3.05) is 6.61 Å². The lowest BCUT2D eigenvalue weighted by molar-refractivity contribution is -0.385. The number of nitro groups is 1. The topological polar surface area (TPSA) is 89.4 Å². The van der Waals surface area contributed by atoms with E-state index >= 15 is 0 Å². The van der Waals surface area contributed by atoms with Crippen molar-refractivity contribution in [3.05, 3.63) is 39.4 Å². The molecule has 1 atom stereocenters. The molecule has 0 aliphatic heterocycles. The molecule has 106 valence electrons. The molecular formula is C10H10F4N2O3. The molecule has 3 N–H and O–H groups in total. The zero-order valence-corrected chi connectivity index (χ0v) is 9.66. The summed E-state index contributed by atoms with van der Waals surface area (Å²) in [5.41, 5.74) is 0.417. The summed E-state index contributed by atoms with van der Waals surface area (Å²) in [7, 11) is 0. The van der Waals surface area contributed by atoms with Crippen molar-refractivity contribution < 1.29 is 27.6 Å². The zero-order chi connectivity index (χ0) is 15.0. The summed E-state index contributed by atoms with van der Waals surface area (Å²) in [4.78, 5) is 9.43. The lowest BCUT2D eigenvalue weighted by Gasteiger charge is -2.33. The number of halogens is 4. The monoisotopic (exact) mass is 282 g/mol. The maximum Gasteiger partial charge on any atom is 0.292 e. The van der Waals surface area contributed by atoms with Gasteiger partial charge in [-0.1, -0.05) is 0 Å². The molecule has 19 heavy (non-hydrogen) atoms. The fourth-order valence-electron chi connectivity index (χ4n) is 1.42. The molecule has 0 heterocycles. The highest BCUT2D eigenvalue weighted by molar-refractivity contribution is 5.40. The number of hydrogen-bond acceptors (Lipinski definition) is 4. The summed E-state index contributed by atoms with van der Waals surface area (Å²) in [6, 6.07) is 0.675. The molecule has 1 aromatic carbocycles. The third-order valence-electron chi connectivity index (χ3n) is 2.74. The van der Waals surface area contributed by atoms with Crippen molar-refractivity contribution in [2.45, 2.75) is 18.4 Å². The van der Waals surface area contributed by atoms with Gasteiger partial charge in [0.05, 0.1) is 11.0 Å². The van der Waals surface area contributed by atoms with E-state index in [4.69, 9.17) is 10.8 Å². The summed E-state index contributed by atoms with van der Waals surface area (Å²) < 4.78 is 53.5. The second-order valence-corrected chi connectivity index (χ2v) is 4.11. The van der Waals surface area contributed by atoms with Gasteiger partial charge < -0.3 is 10.8 Å². The Hall–Kier alpha value is -1.74. The van der Waals surface area contributed by atoms with Crippen LogP contribution in [-0.2, 0) is 5.54 Å². The fraction of sp³-hybridized carbons (Fsp3) is 0.400. The summed E-state index contributed by atoms with van der Waals surface area (Å²) in [5.74, 6) is -7.38. The Morgan fingerprint density at radius 3 is 2.37 bits per heavy atom. The van der Waals surface area contributed by atoms with Crippen molar-refractivity contribution in [1.82, 2.24) is 0 Å². The van der Waals surface area contributed by atoms with Crippen LogP contribution >= 0.6 is 0 Å². The highest BCUT2D eigenvalue weighted by Crippen LogP contribution is 2.38. The largest absolute Gasteiger partial charge is 0.390 e. The number of aliphatic hydroxyl groups is 1. The van der Waals surface area contributed by atoms with E-state index in [1.165, 1.54) is 0 Å². The first-order valence-corrected chi connectivity index (χ1v) is 4.96. The van der Waals surface area contributed by atoms with Crippen molar-refractivity contribution in [1.29, 1.82) is 0 Å². The third kappa shape index (κ3) is 2.51. The van der Waals surface area contributed by atoms with E-state index < -0.39 is 45.9 Å². The predicted octanol–water partition coefficient (Wildman–Crippen LogP) is 1.67. The van der Waals surface area contributed by atoms with Gasteiger partial charge in [-0.3, -0.25) is 10.1 Å². The minimum Gasteiger partial charge on any atom is -0.390 e. The van der Waals surface area contributed by atoms with E-state index in [0.29, 0.717) is 13.0 Å². The van der Waals surface area contributed by atoms with Crippen LogP contribution < -0.4 is 5.73 Å². The van der Waals surface area contributed by atoms with Gasteiger partial charge in [0.25, 0.3) is 11.6 Å². The molecule has 0 aliphatic carbocycles. The minimum atomic E-state index is -3.99. The van der Waals surface area contributed by atoms with Gasteiger partial charge in [-0.25, -0.2) is 17.6 Å². The molecule has 0 saturated carbocycles. The van der Waals surface area contributed by atoms with Gasteiger partial charge >= 0.3 is 0 Å². The van der Waals surface area contributed by atoms with Crippen LogP contribution in [0.4, 0.5) is 23.2 Å². The van der Waals surface area contributed by atoms with E-state index in [-0.39, 0.29) is 6.07 Å². The van der Waals surface area contributed by atoms with Crippen molar-refractivity contribution in [3.8, 4) is 0 Å². The van der Waals surface area contributed by atoms with E-state index in [0.717, 1.165) is 0 Å². The number of nitro benzene ring substituents is 1. The van der Waals surface area contributed by atoms with Crippen LogP contribution in [0.3, 0.4) is 0 Å². The number of rotatable bonds is 4. The lowest BCUT2D eigenvalue weighted by Crippen LogP contribution is -2.53. The van der Waals surface area contributed by atoms with Crippen LogP contribution in [0.2, 0.25) is 0 Å². The molecule has 9 heteroatoms. The second-order valence-electron chi connectivity index (χ2n) is 4.11. The number of alkyl halides is 2. The molecule has 0 amide bonds. The van der Waals surface area contributed by atoms with Gasteiger partial charge in [-0.2, -0.15) is 0 Å². The minimum absolute atomic E-state index is 0.256. The van der Waals surface area contributed by atoms with E-state index in [2.05, 4.69) is 0 Å². The smallest absolute Gasteiger partial charge is 0.292 e. The summed E-state index contributed by atoms with van der Waals surface area (Å²) in [6.07, 6.45) is 0. The van der Waals surface area contributed by atoms with Crippen LogP contribution in [0.25, 0.3) is 0 Å². The molecule has 1 rings (SSSR count). The number of benzene rings is 1. The highest BCUT2D eigenvalue weighted by Gasteiger charge is 2.50. The van der Waals surface area contributed by atoms with E-state index in [9.17, 15) is 27.7 Å². The standard InChI is InChI=1S/C10H10F4N2O3/c1-9(15,10(13,14)4-17)6-2-5(16(18)19)3-7(11)8(6)12/h2-3,17H,4,15H2,1H3. The Labute approximate surface area is 104 Å².